The lowest BCUT2D eigenvalue weighted by atomic mass is 10.0. The zero-order valence-electron chi connectivity index (χ0n) is 11.8. The van der Waals surface area contributed by atoms with Gasteiger partial charge >= 0.3 is 0 Å². The van der Waals surface area contributed by atoms with Gasteiger partial charge in [-0.1, -0.05) is 6.07 Å². The molecule has 1 heterocycles. The Labute approximate surface area is 117 Å². The summed E-state index contributed by atoms with van der Waals surface area (Å²) >= 11 is 0. The second kappa shape index (κ2) is 5.58. The first-order chi connectivity index (χ1) is 9.40. The number of carbonyl (C=O) groups is 1. The van der Waals surface area contributed by atoms with Gasteiger partial charge in [0.15, 0.2) is 0 Å². The zero-order chi connectivity index (χ0) is 14.9. The van der Waals surface area contributed by atoms with Gasteiger partial charge in [-0.3, -0.25) is 14.9 Å². The maximum Gasteiger partial charge on any atom is 0.273 e. The van der Waals surface area contributed by atoms with E-state index in [1.165, 1.54) is 6.07 Å². The SMILES string of the molecule is Cc1c(C(=O)N2C[C@@H](C)O[C@H](C)C2)cccc1[N+](=O)[O-]. The molecule has 1 aromatic carbocycles. The van der Waals surface area contributed by atoms with Crippen molar-refractivity contribution in [1.29, 1.82) is 0 Å². The van der Waals surface area contributed by atoms with Crippen LogP contribution in [0.4, 0.5) is 5.69 Å². The van der Waals surface area contributed by atoms with Gasteiger partial charge in [-0.2, -0.15) is 0 Å². The van der Waals surface area contributed by atoms with Crippen LogP contribution in [0, 0.1) is 17.0 Å². The summed E-state index contributed by atoms with van der Waals surface area (Å²) in [6.07, 6.45) is -0.0524. The molecule has 6 heteroatoms. The third-order valence-corrected chi connectivity index (χ3v) is 3.44. The average Bonchev–Trinajstić information content (AvgIpc) is 2.36. The van der Waals surface area contributed by atoms with Crippen LogP contribution >= 0.6 is 0 Å². The molecule has 1 aliphatic heterocycles. The fourth-order valence-electron chi connectivity index (χ4n) is 2.57. The standard InChI is InChI=1S/C14H18N2O4/c1-9-7-15(8-10(2)20-9)14(17)12-5-4-6-13(11(12)3)16(18)19/h4-6,9-10H,7-8H2,1-3H3/t9-,10-/m1/s1. The number of amides is 1. The quantitative estimate of drug-likeness (QED) is 0.613. The van der Waals surface area contributed by atoms with Crippen LogP contribution in [0.3, 0.4) is 0 Å². The predicted molar refractivity (Wildman–Crippen MR) is 73.7 cm³/mol. The van der Waals surface area contributed by atoms with E-state index in [4.69, 9.17) is 4.74 Å². The van der Waals surface area contributed by atoms with E-state index in [-0.39, 0.29) is 23.8 Å². The Morgan fingerprint density at radius 1 is 1.35 bits per heavy atom. The Balaban J connectivity index is 2.29. The van der Waals surface area contributed by atoms with Crippen LogP contribution in [0.15, 0.2) is 18.2 Å². The first kappa shape index (κ1) is 14.5. The van der Waals surface area contributed by atoms with E-state index in [1.54, 1.807) is 24.0 Å². The van der Waals surface area contributed by atoms with Gasteiger partial charge in [-0.25, -0.2) is 0 Å². The lowest BCUT2D eigenvalue weighted by Crippen LogP contribution is -2.48. The summed E-state index contributed by atoms with van der Waals surface area (Å²) in [4.78, 5) is 24.7. The summed E-state index contributed by atoms with van der Waals surface area (Å²) in [5.41, 5.74) is 0.778. The van der Waals surface area contributed by atoms with E-state index in [0.29, 0.717) is 24.2 Å². The first-order valence-corrected chi connectivity index (χ1v) is 6.59. The normalized spacial score (nSPS) is 22.6. The summed E-state index contributed by atoms with van der Waals surface area (Å²) in [5, 5.41) is 10.9. The van der Waals surface area contributed by atoms with Crippen LogP contribution in [-0.2, 0) is 4.74 Å². The minimum Gasteiger partial charge on any atom is -0.372 e. The molecule has 0 bridgehead atoms. The van der Waals surface area contributed by atoms with Crippen molar-refractivity contribution in [1.82, 2.24) is 4.90 Å². The van der Waals surface area contributed by atoms with Crippen molar-refractivity contribution in [2.45, 2.75) is 33.0 Å². The van der Waals surface area contributed by atoms with Crippen LogP contribution in [0.1, 0.15) is 29.8 Å². The van der Waals surface area contributed by atoms with E-state index in [1.807, 2.05) is 13.8 Å². The van der Waals surface area contributed by atoms with Crippen molar-refractivity contribution in [3.63, 3.8) is 0 Å². The van der Waals surface area contributed by atoms with Gasteiger partial charge in [-0.15, -0.1) is 0 Å². The highest BCUT2D eigenvalue weighted by Gasteiger charge is 2.28. The van der Waals surface area contributed by atoms with Crippen LogP contribution in [0.2, 0.25) is 0 Å². The fourth-order valence-corrected chi connectivity index (χ4v) is 2.57. The van der Waals surface area contributed by atoms with Crippen molar-refractivity contribution in [2.75, 3.05) is 13.1 Å². The highest BCUT2D eigenvalue weighted by atomic mass is 16.6. The Morgan fingerprint density at radius 2 is 1.95 bits per heavy atom. The molecule has 1 aliphatic rings. The molecule has 0 saturated carbocycles. The molecule has 1 saturated heterocycles. The number of morpholine rings is 1. The zero-order valence-corrected chi connectivity index (χ0v) is 11.8. The molecule has 2 rings (SSSR count). The number of ether oxygens (including phenoxy) is 1. The fraction of sp³-hybridized carbons (Fsp3) is 0.500. The molecular formula is C14H18N2O4. The number of nitrogens with zero attached hydrogens (tertiary/aromatic N) is 2. The largest absolute Gasteiger partial charge is 0.372 e. The number of carbonyl (C=O) groups excluding carboxylic acids is 1. The van der Waals surface area contributed by atoms with Crippen molar-refractivity contribution < 1.29 is 14.5 Å². The summed E-state index contributed by atoms with van der Waals surface area (Å²) in [5.74, 6) is -0.173. The van der Waals surface area contributed by atoms with Gasteiger partial charge in [-0.05, 0) is 26.8 Å². The Morgan fingerprint density at radius 3 is 2.50 bits per heavy atom. The van der Waals surface area contributed by atoms with Crippen molar-refractivity contribution in [2.24, 2.45) is 0 Å². The van der Waals surface area contributed by atoms with Gasteiger partial charge in [0.1, 0.15) is 0 Å². The summed E-state index contributed by atoms with van der Waals surface area (Å²) < 4.78 is 5.59. The van der Waals surface area contributed by atoms with E-state index < -0.39 is 4.92 Å². The molecule has 108 valence electrons. The highest BCUT2D eigenvalue weighted by Crippen LogP contribution is 2.23. The lowest BCUT2D eigenvalue weighted by molar-refractivity contribution is -0.385. The van der Waals surface area contributed by atoms with E-state index in [2.05, 4.69) is 0 Å². The average molecular weight is 278 g/mol. The number of hydrogen-bond donors (Lipinski definition) is 0. The van der Waals surface area contributed by atoms with Crippen LogP contribution in [-0.4, -0.2) is 41.0 Å². The molecule has 0 spiro atoms. The van der Waals surface area contributed by atoms with E-state index >= 15 is 0 Å². The lowest BCUT2D eigenvalue weighted by Gasteiger charge is -2.35. The third-order valence-electron chi connectivity index (χ3n) is 3.44. The summed E-state index contributed by atoms with van der Waals surface area (Å²) in [6, 6.07) is 4.60. The maximum atomic E-state index is 12.5. The molecule has 6 nitrogen and oxygen atoms in total. The minimum absolute atomic E-state index is 0.0230. The first-order valence-electron chi connectivity index (χ1n) is 6.59. The molecule has 2 atom stereocenters. The van der Waals surface area contributed by atoms with Crippen molar-refractivity contribution in [3.8, 4) is 0 Å². The molecule has 1 amide bonds. The summed E-state index contributed by atoms with van der Waals surface area (Å²) in [7, 11) is 0. The Bertz CT molecular complexity index is 534. The van der Waals surface area contributed by atoms with Crippen LogP contribution in [0.5, 0.6) is 0 Å². The molecular weight excluding hydrogens is 260 g/mol. The van der Waals surface area contributed by atoms with Crippen molar-refractivity contribution in [3.05, 3.63) is 39.4 Å². The topological polar surface area (TPSA) is 72.7 Å². The van der Waals surface area contributed by atoms with Gasteiger partial charge in [0.05, 0.1) is 17.1 Å². The molecule has 0 aliphatic carbocycles. The molecule has 20 heavy (non-hydrogen) atoms. The van der Waals surface area contributed by atoms with Gasteiger partial charge in [0, 0.05) is 30.3 Å². The van der Waals surface area contributed by atoms with Gasteiger partial charge in [0.25, 0.3) is 11.6 Å². The van der Waals surface area contributed by atoms with Gasteiger partial charge < -0.3 is 9.64 Å². The minimum atomic E-state index is -0.462. The Hall–Kier alpha value is -1.95. The second-order valence-corrected chi connectivity index (χ2v) is 5.17. The van der Waals surface area contributed by atoms with Crippen LogP contribution < -0.4 is 0 Å². The number of nitro groups is 1. The maximum absolute atomic E-state index is 12.5. The number of nitro benzene ring substituents is 1. The molecule has 0 unspecified atom stereocenters. The number of hydrogen-bond acceptors (Lipinski definition) is 4. The van der Waals surface area contributed by atoms with E-state index in [0.717, 1.165) is 0 Å². The molecule has 1 aromatic rings. The monoisotopic (exact) mass is 278 g/mol. The van der Waals surface area contributed by atoms with Crippen LogP contribution in [0.25, 0.3) is 0 Å². The predicted octanol–water partition coefficient (Wildman–Crippen LogP) is 2.15. The Kier molecular flexibility index (Phi) is 4.04. The molecule has 1 fully saturated rings. The molecule has 0 N–H and O–H groups in total. The highest BCUT2D eigenvalue weighted by molar-refractivity contribution is 5.96. The smallest absolute Gasteiger partial charge is 0.273 e. The number of rotatable bonds is 2. The summed E-state index contributed by atoms with van der Waals surface area (Å²) in [6.45, 7) is 6.45. The second-order valence-electron chi connectivity index (χ2n) is 5.17. The van der Waals surface area contributed by atoms with E-state index in [9.17, 15) is 14.9 Å². The van der Waals surface area contributed by atoms with Gasteiger partial charge in [0.2, 0.25) is 0 Å². The van der Waals surface area contributed by atoms with Crippen molar-refractivity contribution >= 4 is 11.6 Å². The third kappa shape index (κ3) is 2.80. The molecule has 0 radical (unpaired) electrons. The molecule has 0 aromatic heterocycles. The number of benzene rings is 1.